The minimum Gasteiger partial charge on any atom is -0.493 e. The molecule has 2 N–H and O–H groups in total. The molecular weight excluding hydrogens is 288 g/mol. The van der Waals surface area contributed by atoms with Crippen molar-refractivity contribution in [2.75, 3.05) is 6.61 Å². The second kappa shape index (κ2) is 5.82. The number of carbonyl (C=O) groups is 1. The van der Waals surface area contributed by atoms with Gasteiger partial charge in [-0.05, 0) is 57.7 Å². The quantitative estimate of drug-likeness (QED) is 0.901. The van der Waals surface area contributed by atoms with Gasteiger partial charge in [0.05, 0.1) is 13.0 Å². The van der Waals surface area contributed by atoms with Gasteiger partial charge in [-0.2, -0.15) is 0 Å². The Hall–Kier alpha value is -1.55. The van der Waals surface area contributed by atoms with Crippen LogP contribution in [0.2, 0.25) is 0 Å². The summed E-state index contributed by atoms with van der Waals surface area (Å²) in [4.78, 5) is 12.4. The Balaban J connectivity index is 1.61. The minimum atomic E-state index is 0.0428. The molecule has 4 heteroatoms. The van der Waals surface area contributed by atoms with Crippen molar-refractivity contribution in [3.05, 3.63) is 29.3 Å². The molecule has 3 rings (SSSR count). The molecule has 0 aliphatic carbocycles. The topological polar surface area (TPSA) is 50.4 Å². The highest BCUT2D eigenvalue weighted by Crippen LogP contribution is 2.29. The summed E-state index contributed by atoms with van der Waals surface area (Å²) in [5.74, 6) is 1.04. The normalized spacial score (nSPS) is 22.3. The monoisotopic (exact) mass is 316 g/mol. The standard InChI is InChI=1S/C19H28N2O2/c1-18(2)11-15(12-19(3,4)21-18)20-17(22)10-13-5-6-14-7-8-23-16(14)9-13/h5-6,9,15,21H,7-8,10-12H2,1-4H3,(H,20,22). The number of rotatable bonds is 3. The molecule has 126 valence electrons. The second-order valence-corrected chi connectivity index (χ2v) is 8.28. The van der Waals surface area contributed by atoms with Gasteiger partial charge >= 0.3 is 0 Å². The van der Waals surface area contributed by atoms with Crippen LogP contribution in [-0.4, -0.2) is 29.6 Å². The van der Waals surface area contributed by atoms with Crippen LogP contribution in [0, 0.1) is 0 Å². The molecule has 0 bridgehead atoms. The summed E-state index contributed by atoms with van der Waals surface area (Å²) in [6.45, 7) is 9.55. The molecule has 23 heavy (non-hydrogen) atoms. The third-order valence-electron chi connectivity index (χ3n) is 4.68. The van der Waals surface area contributed by atoms with Gasteiger partial charge in [-0.15, -0.1) is 0 Å². The number of amides is 1. The van der Waals surface area contributed by atoms with E-state index in [1.165, 1.54) is 5.56 Å². The van der Waals surface area contributed by atoms with Crippen LogP contribution in [0.25, 0.3) is 0 Å². The van der Waals surface area contributed by atoms with Gasteiger partial charge in [0.15, 0.2) is 0 Å². The van der Waals surface area contributed by atoms with Crippen molar-refractivity contribution < 1.29 is 9.53 Å². The Morgan fingerprint density at radius 3 is 2.65 bits per heavy atom. The second-order valence-electron chi connectivity index (χ2n) is 8.28. The lowest BCUT2D eigenvalue weighted by Gasteiger charge is -2.46. The molecule has 4 nitrogen and oxygen atoms in total. The molecule has 2 aliphatic rings. The predicted octanol–water partition coefficient (Wildman–Crippen LogP) is 2.59. The number of piperidine rings is 1. The van der Waals surface area contributed by atoms with Crippen LogP contribution in [-0.2, 0) is 17.6 Å². The van der Waals surface area contributed by atoms with Gasteiger partial charge in [0.1, 0.15) is 5.75 Å². The Bertz CT molecular complexity index is 591. The van der Waals surface area contributed by atoms with E-state index in [0.717, 1.165) is 37.2 Å². The molecule has 1 aromatic carbocycles. The first-order chi connectivity index (χ1) is 10.7. The molecule has 1 amide bonds. The fourth-order valence-corrected chi connectivity index (χ4v) is 4.21. The first-order valence-electron chi connectivity index (χ1n) is 8.56. The Morgan fingerprint density at radius 2 is 1.96 bits per heavy atom. The maximum atomic E-state index is 12.4. The molecule has 0 spiro atoms. The Labute approximate surface area is 139 Å². The number of fused-ring (bicyclic) bond motifs is 1. The van der Waals surface area contributed by atoms with Gasteiger partial charge in [0.2, 0.25) is 5.91 Å². The van der Waals surface area contributed by atoms with E-state index in [-0.39, 0.29) is 23.0 Å². The van der Waals surface area contributed by atoms with E-state index in [0.29, 0.717) is 6.42 Å². The Kier molecular flexibility index (Phi) is 4.13. The summed E-state index contributed by atoms with van der Waals surface area (Å²) in [5.41, 5.74) is 2.36. The zero-order valence-corrected chi connectivity index (χ0v) is 14.7. The van der Waals surface area contributed by atoms with Crippen LogP contribution in [0.15, 0.2) is 18.2 Å². The first kappa shape index (κ1) is 16.3. The van der Waals surface area contributed by atoms with E-state index in [9.17, 15) is 4.79 Å². The smallest absolute Gasteiger partial charge is 0.224 e. The van der Waals surface area contributed by atoms with Crippen molar-refractivity contribution in [3.8, 4) is 5.75 Å². The van der Waals surface area contributed by atoms with E-state index in [1.807, 2.05) is 12.1 Å². The summed E-state index contributed by atoms with van der Waals surface area (Å²) in [7, 11) is 0. The van der Waals surface area contributed by atoms with Gasteiger partial charge < -0.3 is 15.4 Å². The maximum Gasteiger partial charge on any atom is 0.224 e. The van der Waals surface area contributed by atoms with Crippen molar-refractivity contribution in [2.45, 2.75) is 70.5 Å². The molecule has 0 unspecified atom stereocenters. The number of benzene rings is 1. The van der Waals surface area contributed by atoms with Crippen LogP contribution in [0.4, 0.5) is 0 Å². The maximum absolute atomic E-state index is 12.4. The molecule has 0 radical (unpaired) electrons. The first-order valence-corrected chi connectivity index (χ1v) is 8.56. The van der Waals surface area contributed by atoms with Crippen LogP contribution < -0.4 is 15.4 Å². The predicted molar refractivity (Wildman–Crippen MR) is 91.8 cm³/mol. The summed E-state index contributed by atoms with van der Waals surface area (Å²) in [5, 5.41) is 6.87. The van der Waals surface area contributed by atoms with Crippen LogP contribution in [0.1, 0.15) is 51.7 Å². The van der Waals surface area contributed by atoms with E-state index in [2.05, 4.69) is 44.4 Å². The van der Waals surface area contributed by atoms with Crippen LogP contribution in [0.5, 0.6) is 5.75 Å². The van der Waals surface area contributed by atoms with Gasteiger partial charge in [-0.3, -0.25) is 4.79 Å². The lowest BCUT2D eigenvalue weighted by molar-refractivity contribution is -0.121. The average molecular weight is 316 g/mol. The van der Waals surface area contributed by atoms with Gasteiger partial charge in [0, 0.05) is 23.5 Å². The number of ether oxygens (including phenoxy) is 1. The zero-order valence-electron chi connectivity index (χ0n) is 14.7. The third kappa shape index (κ3) is 4.05. The molecule has 2 aliphatic heterocycles. The third-order valence-corrected chi connectivity index (χ3v) is 4.68. The molecule has 1 saturated heterocycles. The van der Waals surface area contributed by atoms with Crippen LogP contribution in [0.3, 0.4) is 0 Å². The lowest BCUT2D eigenvalue weighted by Crippen LogP contribution is -2.62. The SMILES string of the molecule is CC1(C)CC(NC(=O)Cc2ccc3c(c2)OCC3)CC(C)(C)N1. The molecule has 0 atom stereocenters. The molecular formula is C19H28N2O2. The molecule has 2 heterocycles. The van der Waals surface area contributed by atoms with Crippen molar-refractivity contribution in [2.24, 2.45) is 0 Å². The van der Waals surface area contributed by atoms with Crippen molar-refractivity contribution in [1.29, 1.82) is 0 Å². The molecule has 0 saturated carbocycles. The summed E-state index contributed by atoms with van der Waals surface area (Å²) < 4.78 is 5.59. The fraction of sp³-hybridized carbons (Fsp3) is 0.632. The Morgan fingerprint density at radius 1 is 1.26 bits per heavy atom. The van der Waals surface area contributed by atoms with E-state index in [4.69, 9.17) is 4.74 Å². The zero-order chi connectivity index (χ0) is 16.7. The van der Waals surface area contributed by atoms with Crippen molar-refractivity contribution >= 4 is 5.91 Å². The van der Waals surface area contributed by atoms with Gasteiger partial charge in [0.25, 0.3) is 0 Å². The molecule has 1 fully saturated rings. The van der Waals surface area contributed by atoms with Gasteiger partial charge in [-0.1, -0.05) is 12.1 Å². The van der Waals surface area contributed by atoms with Crippen molar-refractivity contribution in [3.63, 3.8) is 0 Å². The van der Waals surface area contributed by atoms with Gasteiger partial charge in [-0.25, -0.2) is 0 Å². The number of hydrogen-bond acceptors (Lipinski definition) is 3. The van der Waals surface area contributed by atoms with Crippen LogP contribution >= 0.6 is 0 Å². The van der Waals surface area contributed by atoms with E-state index < -0.39 is 0 Å². The summed E-state index contributed by atoms with van der Waals surface area (Å²) in [6.07, 6.45) is 3.30. The number of carbonyl (C=O) groups excluding carboxylic acids is 1. The summed E-state index contributed by atoms with van der Waals surface area (Å²) in [6, 6.07) is 6.36. The number of nitrogens with one attached hydrogen (secondary N) is 2. The highest BCUT2D eigenvalue weighted by molar-refractivity contribution is 5.79. The van der Waals surface area contributed by atoms with Crippen molar-refractivity contribution in [1.82, 2.24) is 10.6 Å². The highest BCUT2D eigenvalue weighted by atomic mass is 16.5. The van der Waals surface area contributed by atoms with E-state index in [1.54, 1.807) is 0 Å². The lowest BCUT2D eigenvalue weighted by atomic mass is 9.79. The summed E-state index contributed by atoms with van der Waals surface area (Å²) >= 11 is 0. The minimum absolute atomic E-state index is 0.0428. The number of hydrogen-bond donors (Lipinski definition) is 2. The molecule has 0 aromatic heterocycles. The average Bonchev–Trinajstić information content (AvgIpc) is 2.81. The fourth-order valence-electron chi connectivity index (χ4n) is 4.21. The van der Waals surface area contributed by atoms with E-state index >= 15 is 0 Å². The largest absolute Gasteiger partial charge is 0.493 e. The molecule has 1 aromatic rings. The highest BCUT2D eigenvalue weighted by Gasteiger charge is 2.38.